The third-order valence-corrected chi connectivity index (χ3v) is 4.96. The quantitative estimate of drug-likeness (QED) is 0.872. The van der Waals surface area contributed by atoms with Crippen LogP contribution in [0.15, 0.2) is 24.3 Å². The Morgan fingerprint density at radius 3 is 2.76 bits per heavy atom. The molecule has 1 aliphatic rings. The highest BCUT2D eigenvalue weighted by Gasteiger charge is 2.25. The number of nitrogens with zero attached hydrogens (tertiary/aromatic N) is 1. The average Bonchev–Trinajstić information content (AvgIpc) is 2.91. The van der Waals surface area contributed by atoms with Crippen molar-refractivity contribution in [2.75, 3.05) is 0 Å². The summed E-state index contributed by atoms with van der Waals surface area (Å²) < 4.78 is 0. The number of imidazole rings is 1. The van der Waals surface area contributed by atoms with Gasteiger partial charge in [0.1, 0.15) is 5.82 Å². The largest absolute Gasteiger partial charge is 0.341 e. The van der Waals surface area contributed by atoms with Gasteiger partial charge in [-0.25, -0.2) is 4.98 Å². The van der Waals surface area contributed by atoms with E-state index >= 15 is 0 Å². The van der Waals surface area contributed by atoms with Crippen LogP contribution in [0.5, 0.6) is 0 Å². The van der Waals surface area contributed by atoms with Crippen LogP contribution < -0.4 is 5.32 Å². The Hall–Kier alpha value is -1.35. The lowest BCUT2D eigenvalue weighted by Crippen LogP contribution is -2.37. The van der Waals surface area contributed by atoms with Crippen molar-refractivity contribution in [2.24, 2.45) is 11.8 Å². The van der Waals surface area contributed by atoms with E-state index < -0.39 is 0 Å². The Morgan fingerprint density at radius 1 is 1.19 bits per heavy atom. The number of fused-ring (bicyclic) bond motifs is 1. The second kappa shape index (κ2) is 6.18. The van der Waals surface area contributed by atoms with E-state index in [9.17, 15) is 0 Å². The molecule has 2 aromatic rings. The number of para-hydroxylation sites is 2. The van der Waals surface area contributed by atoms with Crippen molar-refractivity contribution in [2.45, 2.75) is 58.5 Å². The molecule has 1 aromatic carbocycles. The van der Waals surface area contributed by atoms with Crippen LogP contribution in [-0.4, -0.2) is 16.0 Å². The fourth-order valence-electron chi connectivity index (χ4n) is 3.59. The molecule has 1 saturated carbocycles. The minimum atomic E-state index is 0.285. The number of aromatic amines is 1. The first-order valence-electron chi connectivity index (χ1n) is 8.34. The maximum absolute atomic E-state index is 4.71. The predicted octanol–water partition coefficient (Wildman–Crippen LogP) is 4.43. The van der Waals surface area contributed by atoms with Gasteiger partial charge in [0.2, 0.25) is 0 Å². The van der Waals surface area contributed by atoms with Gasteiger partial charge in [-0.2, -0.15) is 0 Å². The third-order valence-electron chi connectivity index (χ3n) is 4.96. The van der Waals surface area contributed by atoms with Gasteiger partial charge in [-0.3, -0.25) is 0 Å². The molecule has 1 fully saturated rings. The van der Waals surface area contributed by atoms with E-state index in [2.05, 4.69) is 49.3 Å². The van der Waals surface area contributed by atoms with Crippen molar-refractivity contribution in [1.82, 2.24) is 15.3 Å². The minimum absolute atomic E-state index is 0.285. The molecule has 3 rings (SSSR count). The summed E-state index contributed by atoms with van der Waals surface area (Å²) in [6, 6.07) is 9.17. The topological polar surface area (TPSA) is 40.7 Å². The molecule has 0 bridgehead atoms. The predicted molar refractivity (Wildman–Crippen MR) is 88.2 cm³/mol. The van der Waals surface area contributed by atoms with Crippen LogP contribution in [0.25, 0.3) is 11.0 Å². The summed E-state index contributed by atoms with van der Waals surface area (Å²) in [6.07, 6.45) is 5.36. The molecule has 3 heteroatoms. The van der Waals surface area contributed by atoms with Gasteiger partial charge in [0.15, 0.2) is 0 Å². The van der Waals surface area contributed by atoms with Crippen molar-refractivity contribution < 1.29 is 0 Å². The molecule has 21 heavy (non-hydrogen) atoms. The molecule has 3 atom stereocenters. The van der Waals surface area contributed by atoms with Gasteiger partial charge in [-0.1, -0.05) is 38.8 Å². The third kappa shape index (κ3) is 3.29. The summed E-state index contributed by atoms with van der Waals surface area (Å²) >= 11 is 0. The maximum Gasteiger partial charge on any atom is 0.124 e. The van der Waals surface area contributed by atoms with E-state index in [1.807, 2.05) is 6.07 Å². The normalized spacial score (nSPS) is 24.6. The number of aromatic nitrogens is 2. The zero-order valence-electron chi connectivity index (χ0n) is 13.4. The number of hydrogen-bond acceptors (Lipinski definition) is 2. The lowest BCUT2D eigenvalue weighted by molar-refractivity contribution is 0.221. The van der Waals surface area contributed by atoms with E-state index in [1.54, 1.807) is 0 Å². The number of rotatable bonds is 4. The summed E-state index contributed by atoms with van der Waals surface area (Å²) in [5, 5.41) is 3.79. The number of H-pyrrole nitrogens is 1. The van der Waals surface area contributed by atoms with Gasteiger partial charge < -0.3 is 10.3 Å². The van der Waals surface area contributed by atoms with Crippen LogP contribution in [0.3, 0.4) is 0 Å². The SMILES string of the molecule is CC(NC1CCCC(C(C)C)C1)c1nc2ccccc2[nH]1. The molecular weight excluding hydrogens is 258 g/mol. The minimum Gasteiger partial charge on any atom is -0.341 e. The first kappa shape index (κ1) is 14.6. The standard InChI is InChI=1S/C18H27N3/c1-12(2)14-7-6-8-15(11-14)19-13(3)18-20-16-9-4-5-10-17(16)21-18/h4-5,9-10,12-15,19H,6-8,11H2,1-3H3,(H,20,21). The van der Waals surface area contributed by atoms with Crippen molar-refractivity contribution in [1.29, 1.82) is 0 Å². The molecule has 1 heterocycles. The van der Waals surface area contributed by atoms with Crippen LogP contribution >= 0.6 is 0 Å². The molecule has 1 aliphatic carbocycles. The van der Waals surface area contributed by atoms with Crippen LogP contribution in [0.2, 0.25) is 0 Å². The average molecular weight is 285 g/mol. The zero-order valence-corrected chi connectivity index (χ0v) is 13.4. The van der Waals surface area contributed by atoms with E-state index in [0.717, 1.165) is 28.7 Å². The zero-order chi connectivity index (χ0) is 14.8. The molecule has 1 aromatic heterocycles. The van der Waals surface area contributed by atoms with E-state index in [4.69, 9.17) is 4.98 Å². The Balaban J connectivity index is 1.66. The molecule has 2 N–H and O–H groups in total. The van der Waals surface area contributed by atoms with Crippen LogP contribution in [0.4, 0.5) is 0 Å². The monoisotopic (exact) mass is 285 g/mol. The van der Waals surface area contributed by atoms with Crippen molar-refractivity contribution in [3.63, 3.8) is 0 Å². The molecular formula is C18H27N3. The van der Waals surface area contributed by atoms with Gasteiger partial charge in [-0.05, 0) is 43.7 Å². The van der Waals surface area contributed by atoms with E-state index in [0.29, 0.717) is 6.04 Å². The molecule has 0 amide bonds. The lowest BCUT2D eigenvalue weighted by Gasteiger charge is -2.33. The maximum atomic E-state index is 4.71. The van der Waals surface area contributed by atoms with Crippen LogP contribution in [0.1, 0.15) is 58.3 Å². The molecule has 0 saturated heterocycles. The summed E-state index contributed by atoms with van der Waals surface area (Å²) in [5.41, 5.74) is 2.19. The fraction of sp³-hybridized carbons (Fsp3) is 0.611. The smallest absolute Gasteiger partial charge is 0.124 e. The summed E-state index contributed by atoms with van der Waals surface area (Å²) in [7, 11) is 0. The lowest BCUT2D eigenvalue weighted by atomic mass is 9.79. The Bertz CT molecular complexity index is 554. The highest BCUT2D eigenvalue weighted by molar-refractivity contribution is 5.74. The van der Waals surface area contributed by atoms with E-state index in [1.165, 1.54) is 25.7 Å². The Labute approximate surface area is 127 Å². The van der Waals surface area contributed by atoms with Crippen LogP contribution in [0, 0.1) is 11.8 Å². The van der Waals surface area contributed by atoms with Crippen LogP contribution in [-0.2, 0) is 0 Å². The van der Waals surface area contributed by atoms with Gasteiger partial charge in [0.05, 0.1) is 17.1 Å². The second-order valence-corrected chi connectivity index (χ2v) is 6.90. The second-order valence-electron chi connectivity index (χ2n) is 6.90. The van der Waals surface area contributed by atoms with Gasteiger partial charge in [0, 0.05) is 6.04 Å². The Morgan fingerprint density at radius 2 is 2.00 bits per heavy atom. The molecule has 114 valence electrons. The molecule has 0 radical (unpaired) electrons. The number of benzene rings is 1. The number of hydrogen-bond donors (Lipinski definition) is 2. The molecule has 3 unspecified atom stereocenters. The number of nitrogens with one attached hydrogen (secondary N) is 2. The first-order valence-corrected chi connectivity index (χ1v) is 8.34. The Kier molecular flexibility index (Phi) is 4.29. The van der Waals surface area contributed by atoms with Gasteiger partial charge in [-0.15, -0.1) is 0 Å². The summed E-state index contributed by atoms with van der Waals surface area (Å²) in [4.78, 5) is 8.16. The van der Waals surface area contributed by atoms with Gasteiger partial charge >= 0.3 is 0 Å². The van der Waals surface area contributed by atoms with Crippen molar-refractivity contribution >= 4 is 11.0 Å². The molecule has 3 nitrogen and oxygen atoms in total. The first-order chi connectivity index (χ1) is 10.1. The molecule has 0 aliphatic heterocycles. The molecule has 0 spiro atoms. The van der Waals surface area contributed by atoms with Crippen molar-refractivity contribution in [3.8, 4) is 0 Å². The highest BCUT2D eigenvalue weighted by Crippen LogP contribution is 2.31. The fourth-order valence-corrected chi connectivity index (χ4v) is 3.59. The summed E-state index contributed by atoms with van der Waals surface area (Å²) in [6.45, 7) is 6.93. The van der Waals surface area contributed by atoms with Gasteiger partial charge in [0.25, 0.3) is 0 Å². The van der Waals surface area contributed by atoms with E-state index in [-0.39, 0.29) is 6.04 Å². The highest BCUT2D eigenvalue weighted by atomic mass is 15.0. The van der Waals surface area contributed by atoms with Crippen molar-refractivity contribution in [3.05, 3.63) is 30.1 Å². The summed E-state index contributed by atoms with van der Waals surface area (Å²) in [5.74, 6) is 2.73.